The number of benzene rings is 1. The SMILES string of the molecule is CCC(C)C(=O)Nc1ccc(C(=O)O)c(OC)c1. The number of carboxylic acids is 1. The van der Waals surface area contributed by atoms with Crippen LogP contribution in [-0.2, 0) is 4.79 Å². The van der Waals surface area contributed by atoms with Crippen LogP contribution in [-0.4, -0.2) is 24.1 Å². The first-order valence-corrected chi connectivity index (χ1v) is 5.71. The van der Waals surface area contributed by atoms with Crippen LogP contribution in [0.15, 0.2) is 18.2 Å². The Bertz CT molecular complexity index is 456. The maximum absolute atomic E-state index is 11.7. The second-order valence-corrected chi connectivity index (χ2v) is 4.02. The summed E-state index contributed by atoms with van der Waals surface area (Å²) in [5.74, 6) is -1.02. The molecule has 0 aliphatic rings. The Morgan fingerprint density at radius 3 is 2.61 bits per heavy atom. The van der Waals surface area contributed by atoms with Crippen LogP contribution >= 0.6 is 0 Å². The maximum atomic E-state index is 11.7. The number of anilines is 1. The van der Waals surface area contributed by atoms with Crippen LogP contribution in [0.25, 0.3) is 0 Å². The van der Waals surface area contributed by atoms with Crippen LogP contribution in [0.5, 0.6) is 5.75 Å². The number of carbonyl (C=O) groups is 2. The van der Waals surface area contributed by atoms with Crippen molar-refractivity contribution in [2.24, 2.45) is 5.92 Å². The zero-order valence-corrected chi connectivity index (χ0v) is 10.7. The van der Waals surface area contributed by atoms with Gasteiger partial charge in [-0.05, 0) is 18.6 Å². The quantitative estimate of drug-likeness (QED) is 0.842. The molecule has 5 heteroatoms. The van der Waals surface area contributed by atoms with Crippen molar-refractivity contribution in [2.75, 3.05) is 12.4 Å². The minimum atomic E-state index is -1.06. The number of carbonyl (C=O) groups excluding carboxylic acids is 1. The molecule has 0 radical (unpaired) electrons. The van der Waals surface area contributed by atoms with E-state index >= 15 is 0 Å². The lowest BCUT2D eigenvalue weighted by Gasteiger charge is -2.12. The molecule has 2 N–H and O–H groups in total. The first-order valence-electron chi connectivity index (χ1n) is 5.71. The smallest absolute Gasteiger partial charge is 0.339 e. The summed E-state index contributed by atoms with van der Waals surface area (Å²) >= 11 is 0. The average molecular weight is 251 g/mol. The van der Waals surface area contributed by atoms with Crippen LogP contribution in [0, 0.1) is 5.92 Å². The highest BCUT2D eigenvalue weighted by molar-refractivity contribution is 5.95. The van der Waals surface area contributed by atoms with Gasteiger partial charge in [-0.25, -0.2) is 4.79 Å². The Balaban J connectivity index is 2.92. The van der Waals surface area contributed by atoms with E-state index in [2.05, 4.69) is 5.32 Å². The highest BCUT2D eigenvalue weighted by atomic mass is 16.5. The largest absolute Gasteiger partial charge is 0.496 e. The van der Waals surface area contributed by atoms with E-state index in [1.54, 1.807) is 6.07 Å². The normalized spacial score (nSPS) is 11.7. The molecule has 0 aliphatic carbocycles. The second kappa shape index (κ2) is 6.05. The van der Waals surface area contributed by atoms with Gasteiger partial charge in [0.2, 0.25) is 5.91 Å². The van der Waals surface area contributed by atoms with E-state index in [4.69, 9.17) is 9.84 Å². The number of aromatic carboxylic acids is 1. The Hall–Kier alpha value is -2.04. The fourth-order valence-corrected chi connectivity index (χ4v) is 1.40. The van der Waals surface area contributed by atoms with Crippen molar-refractivity contribution in [2.45, 2.75) is 20.3 Å². The van der Waals surface area contributed by atoms with E-state index < -0.39 is 5.97 Å². The fraction of sp³-hybridized carbons (Fsp3) is 0.385. The summed E-state index contributed by atoms with van der Waals surface area (Å²) in [5, 5.41) is 11.7. The maximum Gasteiger partial charge on any atom is 0.339 e. The van der Waals surface area contributed by atoms with Crippen molar-refractivity contribution in [3.05, 3.63) is 23.8 Å². The molecule has 1 aromatic carbocycles. The van der Waals surface area contributed by atoms with Crippen molar-refractivity contribution >= 4 is 17.6 Å². The molecule has 0 spiro atoms. The van der Waals surface area contributed by atoms with Crippen molar-refractivity contribution in [1.82, 2.24) is 0 Å². The molecular formula is C13H17NO4. The summed E-state index contributed by atoms with van der Waals surface area (Å²) in [5.41, 5.74) is 0.598. The van der Waals surface area contributed by atoms with Crippen molar-refractivity contribution in [3.8, 4) is 5.75 Å². The molecule has 98 valence electrons. The number of carboxylic acid groups (broad SMARTS) is 1. The number of ether oxygens (including phenoxy) is 1. The lowest BCUT2D eigenvalue weighted by Crippen LogP contribution is -2.19. The van der Waals surface area contributed by atoms with Gasteiger partial charge in [0.15, 0.2) is 0 Å². The van der Waals surface area contributed by atoms with Crippen LogP contribution in [0.4, 0.5) is 5.69 Å². The molecule has 1 aromatic rings. The summed E-state index contributed by atoms with van der Waals surface area (Å²) in [6.07, 6.45) is 0.746. The van der Waals surface area contributed by atoms with Gasteiger partial charge in [-0.3, -0.25) is 4.79 Å². The topological polar surface area (TPSA) is 75.6 Å². The van der Waals surface area contributed by atoms with E-state index in [1.807, 2.05) is 13.8 Å². The molecule has 0 aliphatic heterocycles. The van der Waals surface area contributed by atoms with Crippen molar-refractivity contribution < 1.29 is 19.4 Å². The van der Waals surface area contributed by atoms with Crippen LogP contribution in [0.1, 0.15) is 30.6 Å². The standard InChI is InChI=1S/C13H17NO4/c1-4-8(2)12(15)14-9-5-6-10(13(16)17)11(7-9)18-3/h5-8H,4H2,1-3H3,(H,14,15)(H,16,17). The summed E-state index contributed by atoms with van der Waals surface area (Å²) in [4.78, 5) is 22.6. The van der Waals surface area contributed by atoms with E-state index in [9.17, 15) is 9.59 Å². The molecule has 1 atom stereocenters. The monoisotopic (exact) mass is 251 g/mol. The zero-order chi connectivity index (χ0) is 13.7. The number of methoxy groups -OCH3 is 1. The number of hydrogen-bond acceptors (Lipinski definition) is 3. The average Bonchev–Trinajstić information content (AvgIpc) is 2.37. The first-order chi connectivity index (χ1) is 8.49. The number of rotatable bonds is 5. The molecule has 5 nitrogen and oxygen atoms in total. The number of nitrogens with one attached hydrogen (secondary N) is 1. The van der Waals surface area contributed by atoms with Crippen LogP contribution in [0.2, 0.25) is 0 Å². The van der Waals surface area contributed by atoms with Gasteiger partial charge in [-0.2, -0.15) is 0 Å². The molecule has 0 aromatic heterocycles. The predicted molar refractivity (Wildman–Crippen MR) is 68.0 cm³/mol. The van der Waals surface area contributed by atoms with Gasteiger partial charge in [-0.1, -0.05) is 13.8 Å². The van der Waals surface area contributed by atoms with E-state index in [-0.39, 0.29) is 23.1 Å². The van der Waals surface area contributed by atoms with Gasteiger partial charge >= 0.3 is 5.97 Å². The third kappa shape index (κ3) is 3.23. The lowest BCUT2D eigenvalue weighted by molar-refractivity contribution is -0.119. The van der Waals surface area contributed by atoms with Crippen molar-refractivity contribution in [1.29, 1.82) is 0 Å². The zero-order valence-electron chi connectivity index (χ0n) is 10.7. The highest BCUT2D eigenvalue weighted by Crippen LogP contribution is 2.23. The minimum Gasteiger partial charge on any atom is -0.496 e. The molecule has 0 bridgehead atoms. The predicted octanol–water partition coefficient (Wildman–Crippen LogP) is 2.38. The minimum absolute atomic E-state index is 0.0686. The highest BCUT2D eigenvalue weighted by Gasteiger charge is 2.14. The fourth-order valence-electron chi connectivity index (χ4n) is 1.40. The van der Waals surface area contributed by atoms with E-state index in [0.29, 0.717) is 5.69 Å². The number of amides is 1. The Kier molecular flexibility index (Phi) is 4.71. The van der Waals surface area contributed by atoms with E-state index in [1.165, 1.54) is 19.2 Å². The molecule has 1 rings (SSSR count). The third-order valence-corrected chi connectivity index (χ3v) is 2.76. The van der Waals surface area contributed by atoms with Crippen LogP contribution < -0.4 is 10.1 Å². The molecule has 1 amide bonds. The molecule has 0 saturated heterocycles. The Morgan fingerprint density at radius 1 is 1.44 bits per heavy atom. The van der Waals surface area contributed by atoms with Gasteiger partial charge in [0.05, 0.1) is 7.11 Å². The summed E-state index contributed by atoms with van der Waals surface area (Å²) in [7, 11) is 1.39. The second-order valence-electron chi connectivity index (χ2n) is 4.02. The van der Waals surface area contributed by atoms with Gasteiger partial charge in [0.25, 0.3) is 0 Å². The molecular weight excluding hydrogens is 234 g/mol. The third-order valence-electron chi connectivity index (χ3n) is 2.76. The van der Waals surface area contributed by atoms with Crippen LogP contribution in [0.3, 0.4) is 0 Å². The van der Waals surface area contributed by atoms with Gasteiger partial charge in [0, 0.05) is 17.7 Å². The summed E-state index contributed by atoms with van der Waals surface area (Å²) < 4.78 is 4.98. The van der Waals surface area contributed by atoms with Gasteiger partial charge in [0.1, 0.15) is 11.3 Å². The summed E-state index contributed by atoms with van der Waals surface area (Å²) in [6.45, 7) is 3.76. The molecule has 18 heavy (non-hydrogen) atoms. The van der Waals surface area contributed by atoms with Gasteiger partial charge in [-0.15, -0.1) is 0 Å². The summed E-state index contributed by atoms with van der Waals surface area (Å²) in [6, 6.07) is 4.46. The first kappa shape index (κ1) is 14.0. The Morgan fingerprint density at radius 2 is 2.11 bits per heavy atom. The molecule has 0 heterocycles. The van der Waals surface area contributed by atoms with Gasteiger partial charge < -0.3 is 15.2 Å². The van der Waals surface area contributed by atoms with Crippen molar-refractivity contribution in [3.63, 3.8) is 0 Å². The molecule has 0 fully saturated rings. The molecule has 0 saturated carbocycles. The lowest BCUT2D eigenvalue weighted by atomic mass is 10.1. The van der Waals surface area contributed by atoms with E-state index in [0.717, 1.165) is 6.42 Å². The Labute approximate surface area is 106 Å². The molecule has 1 unspecified atom stereocenters. The number of hydrogen-bond donors (Lipinski definition) is 2.